The molecule has 0 N–H and O–H groups in total. The van der Waals surface area contributed by atoms with Gasteiger partial charge in [0, 0.05) is 16.7 Å². The molecule has 0 saturated carbocycles. The number of nitrogens with zero attached hydrogens (tertiary/aromatic N) is 4. The molecular weight excluding hydrogens is 456 g/mol. The third-order valence-electron chi connectivity index (χ3n) is 6.48. The second-order valence-electron chi connectivity index (χ2n) is 9.04. The van der Waals surface area contributed by atoms with E-state index in [9.17, 15) is 0 Å². The van der Waals surface area contributed by atoms with E-state index in [0.717, 1.165) is 45.1 Å². The van der Waals surface area contributed by atoms with E-state index in [0.29, 0.717) is 12.4 Å². The molecule has 6 rings (SSSR count). The SMILES string of the molecule is COc1ccc(-c2nc(-c3ccccc3)c3nc(-c4ccc(C)cc4)n(Cc4ccccc4)c3n2)cc1. The van der Waals surface area contributed by atoms with Crippen LogP contribution in [0.4, 0.5) is 0 Å². The molecule has 0 amide bonds. The van der Waals surface area contributed by atoms with Crippen LogP contribution in [0.1, 0.15) is 11.1 Å². The number of methoxy groups -OCH3 is 1. The smallest absolute Gasteiger partial charge is 0.165 e. The van der Waals surface area contributed by atoms with Gasteiger partial charge in [-0.05, 0) is 36.8 Å². The van der Waals surface area contributed by atoms with Crippen LogP contribution in [0.25, 0.3) is 45.2 Å². The second kappa shape index (κ2) is 9.70. The number of aromatic nitrogens is 4. The third-order valence-corrected chi connectivity index (χ3v) is 6.48. The first-order chi connectivity index (χ1) is 18.2. The predicted octanol–water partition coefficient (Wildman–Crippen LogP) is 7.19. The number of hydrogen-bond acceptors (Lipinski definition) is 4. The van der Waals surface area contributed by atoms with Crippen LogP contribution in [-0.4, -0.2) is 26.6 Å². The third kappa shape index (κ3) is 4.47. The maximum Gasteiger partial charge on any atom is 0.165 e. The molecule has 0 aliphatic rings. The topological polar surface area (TPSA) is 52.8 Å². The van der Waals surface area contributed by atoms with Gasteiger partial charge in [-0.25, -0.2) is 15.0 Å². The lowest BCUT2D eigenvalue weighted by Gasteiger charge is -2.11. The maximum atomic E-state index is 5.36. The second-order valence-corrected chi connectivity index (χ2v) is 9.04. The average molecular weight is 483 g/mol. The summed E-state index contributed by atoms with van der Waals surface area (Å²) in [5.74, 6) is 2.32. The van der Waals surface area contributed by atoms with E-state index in [-0.39, 0.29) is 0 Å². The Labute approximate surface area is 216 Å². The van der Waals surface area contributed by atoms with Crippen molar-refractivity contribution in [2.24, 2.45) is 0 Å². The Balaban J connectivity index is 1.64. The van der Waals surface area contributed by atoms with Crippen LogP contribution < -0.4 is 4.74 Å². The van der Waals surface area contributed by atoms with Gasteiger partial charge in [0.2, 0.25) is 0 Å². The molecule has 0 fully saturated rings. The monoisotopic (exact) mass is 482 g/mol. The lowest BCUT2D eigenvalue weighted by Crippen LogP contribution is -2.04. The normalized spacial score (nSPS) is 11.1. The summed E-state index contributed by atoms with van der Waals surface area (Å²) < 4.78 is 7.56. The first-order valence-electron chi connectivity index (χ1n) is 12.3. The van der Waals surface area contributed by atoms with E-state index in [4.69, 9.17) is 19.7 Å². The van der Waals surface area contributed by atoms with Gasteiger partial charge >= 0.3 is 0 Å². The minimum atomic E-state index is 0.647. The number of rotatable bonds is 6. The summed E-state index contributed by atoms with van der Waals surface area (Å²) in [6.45, 7) is 2.74. The van der Waals surface area contributed by atoms with E-state index >= 15 is 0 Å². The Bertz CT molecular complexity index is 1660. The van der Waals surface area contributed by atoms with Crippen LogP contribution in [0.2, 0.25) is 0 Å². The summed E-state index contributed by atoms with van der Waals surface area (Å²) in [6, 6.07) is 37.0. The average Bonchev–Trinajstić information content (AvgIpc) is 3.32. The van der Waals surface area contributed by atoms with E-state index in [1.165, 1.54) is 11.1 Å². The minimum absolute atomic E-state index is 0.647. The Morgan fingerprint density at radius 3 is 1.97 bits per heavy atom. The molecule has 180 valence electrons. The molecule has 2 aromatic heterocycles. The Morgan fingerprint density at radius 2 is 1.30 bits per heavy atom. The van der Waals surface area contributed by atoms with E-state index in [2.05, 4.69) is 72.2 Å². The maximum absolute atomic E-state index is 5.36. The van der Waals surface area contributed by atoms with E-state index in [1.807, 2.05) is 48.5 Å². The van der Waals surface area contributed by atoms with Crippen molar-refractivity contribution in [1.29, 1.82) is 0 Å². The number of ether oxygens (including phenoxy) is 1. The highest BCUT2D eigenvalue weighted by Crippen LogP contribution is 2.33. The number of aryl methyl sites for hydroxylation is 1. The summed E-state index contributed by atoms with van der Waals surface area (Å²) in [5.41, 5.74) is 7.77. The van der Waals surface area contributed by atoms with Crippen molar-refractivity contribution in [3.8, 4) is 39.8 Å². The van der Waals surface area contributed by atoms with Crippen LogP contribution in [-0.2, 0) is 6.54 Å². The van der Waals surface area contributed by atoms with Gasteiger partial charge in [-0.1, -0.05) is 90.5 Å². The fraction of sp³-hybridized carbons (Fsp3) is 0.0938. The molecule has 0 aliphatic carbocycles. The molecule has 0 saturated heterocycles. The van der Waals surface area contributed by atoms with Crippen LogP contribution >= 0.6 is 0 Å². The highest BCUT2D eigenvalue weighted by Gasteiger charge is 2.21. The highest BCUT2D eigenvalue weighted by molar-refractivity contribution is 5.91. The largest absolute Gasteiger partial charge is 0.497 e. The van der Waals surface area contributed by atoms with E-state index in [1.54, 1.807) is 7.11 Å². The molecular formula is C32H26N4O. The van der Waals surface area contributed by atoms with Crippen molar-refractivity contribution in [3.05, 3.63) is 120 Å². The Hall–Kier alpha value is -4.77. The molecule has 0 atom stereocenters. The molecule has 0 spiro atoms. The Kier molecular flexibility index (Phi) is 5.95. The minimum Gasteiger partial charge on any atom is -0.497 e. The lowest BCUT2D eigenvalue weighted by molar-refractivity contribution is 0.415. The fourth-order valence-electron chi connectivity index (χ4n) is 4.51. The first kappa shape index (κ1) is 22.7. The first-order valence-corrected chi connectivity index (χ1v) is 12.3. The molecule has 5 heteroatoms. The van der Waals surface area contributed by atoms with Gasteiger partial charge in [-0.2, -0.15) is 0 Å². The van der Waals surface area contributed by atoms with E-state index < -0.39 is 0 Å². The molecule has 4 aromatic carbocycles. The number of benzene rings is 4. The van der Waals surface area contributed by atoms with Gasteiger partial charge in [-0.3, -0.25) is 0 Å². The van der Waals surface area contributed by atoms with Crippen LogP contribution in [0, 0.1) is 6.92 Å². The van der Waals surface area contributed by atoms with Crippen molar-refractivity contribution in [3.63, 3.8) is 0 Å². The predicted molar refractivity (Wildman–Crippen MR) is 148 cm³/mol. The van der Waals surface area contributed by atoms with Gasteiger partial charge < -0.3 is 9.30 Å². The molecule has 6 aromatic rings. The molecule has 5 nitrogen and oxygen atoms in total. The van der Waals surface area contributed by atoms with Crippen LogP contribution in [0.15, 0.2) is 109 Å². The molecule has 37 heavy (non-hydrogen) atoms. The summed E-state index contributed by atoms with van der Waals surface area (Å²) in [7, 11) is 1.67. The molecule has 0 unspecified atom stereocenters. The summed E-state index contributed by atoms with van der Waals surface area (Å²) >= 11 is 0. The van der Waals surface area contributed by atoms with Crippen molar-refractivity contribution in [1.82, 2.24) is 19.5 Å². The van der Waals surface area contributed by atoms with Crippen LogP contribution in [0.5, 0.6) is 5.75 Å². The molecule has 0 radical (unpaired) electrons. The fourth-order valence-corrected chi connectivity index (χ4v) is 4.51. The zero-order chi connectivity index (χ0) is 25.2. The van der Waals surface area contributed by atoms with Crippen molar-refractivity contribution >= 4 is 11.2 Å². The van der Waals surface area contributed by atoms with Gasteiger partial charge in [-0.15, -0.1) is 0 Å². The van der Waals surface area contributed by atoms with Crippen LogP contribution in [0.3, 0.4) is 0 Å². The number of imidazole rings is 1. The van der Waals surface area contributed by atoms with Crippen molar-refractivity contribution < 1.29 is 4.74 Å². The molecule has 2 heterocycles. The Morgan fingerprint density at radius 1 is 0.649 bits per heavy atom. The number of hydrogen-bond donors (Lipinski definition) is 0. The zero-order valence-electron chi connectivity index (χ0n) is 20.8. The van der Waals surface area contributed by atoms with Gasteiger partial charge in [0.05, 0.1) is 13.7 Å². The zero-order valence-corrected chi connectivity index (χ0v) is 20.8. The highest BCUT2D eigenvalue weighted by atomic mass is 16.5. The van der Waals surface area contributed by atoms with Gasteiger partial charge in [0.25, 0.3) is 0 Å². The number of fused-ring (bicyclic) bond motifs is 1. The summed E-state index contributed by atoms with van der Waals surface area (Å²) in [4.78, 5) is 15.3. The summed E-state index contributed by atoms with van der Waals surface area (Å²) in [5, 5.41) is 0. The molecule has 0 bridgehead atoms. The standard InChI is InChI=1S/C32H26N4O/c1-22-13-15-26(16-14-22)31-34-29-28(24-11-7-4-8-12-24)33-30(25-17-19-27(37-2)20-18-25)35-32(29)36(31)21-23-9-5-3-6-10-23/h3-20H,21H2,1-2H3. The van der Waals surface area contributed by atoms with Gasteiger partial charge in [0.15, 0.2) is 11.5 Å². The summed E-state index contributed by atoms with van der Waals surface area (Å²) in [6.07, 6.45) is 0. The van der Waals surface area contributed by atoms with Gasteiger partial charge in [0.1, 0.15) is 22.8 Å². The van der Waals surface area contributed by atoms with Crippen molar-refractivity contribution in [2.75, 3.05) is 7.11 Å². The quantitative estimate of drug-likeness (QED) is 0.252. The van der Waals surface area contributed by atoms with Crippen molar-refractivity contribution in [2.45, 2.75) is 13.5 Å². The lowest BCUT2D eigenvalue weighted by atomic mass is 10.1. The molecule has 0 aliphatic heterocycles.